The van der Waals surface area contributed by atoms with E-state index in [9.17, 15) is 14.0 Å². The van der Waals surface area contributed by atoms with Gasteiger partial charge in [-0.3, -0.25) is 9.69 Å². The summed E-state index contributed by atoms with van der Waals surface area (Å²) in [7, 11) is 0. The molecule has 1 aromatic rings. The molecular formula is C18H20FN5O3. The first-order chi connectivity index (χ1) is 13.0. The maximum absolute atomic E-state index is 14.7. The molecule has 0 bridgehead atoms. The van der Waals surface area contributed by atoms with Crippen LogP contribution in [0.3, 0.4) is 0 Å². The van der Waals surface area contributed by atoms with Gasteiger partial charge in [-0.15, -0.1) is 0 Å². The molecule has 2 amide bonds. The van der Waals surface area contributed by atoms with Crippen LogP contribution >= 0.6 is 0 Å². The highest BCUT2D eigenvalue weighted by molar-refractivity contribution is 5.90. The number of piperidine rings is 1. The average molecular weight is 373 g/mol. The average Bonchev–Trinajstić information content (AvgIpc) is 3.02. The van der Waals surface area contributed by atoms with E-state index < -0.39 is 18.0 Å². The number of aliphatic imine (C=N–C) groups is 1. The third-order valence-electron chi connectivity index (χ3n) is 4.59. The molecule has 2 saturated heterocycles. The standard InChI is InChI=1S/C18H20FN5O3/c1-12(25)21-9-15-10-24(18(26)27-15)14-2-3-17(16(19)8-14)23-6-4-13(5-7-23)22-11-20/h2-3,8,15H,4-7,9-10H2,1H3,(H,21,25)/t15-/m0/s1. The summed E-state index contributed by atoms with van der Waals surface area (Å²) in [6.07, 6.45) is 2.00. The molecular weight excluding hydrogens is 353 g/mol. The Morgan fingerprint density at radius 1 is 1.44 bits per heavy atom. The maximum atomic E-state index is 14.7. The Balaban J connectivity index is 1.67. The Labute approximate surface area is 156 Å². The molecule has 2 fully saturated rings. The molecule has 2 aliphatic rings. The number of rotatable bonds is 4. The zero-order valence-corrected chi connectivity index (χ0v) is 14.9. The Kier molecular flexibility index (Phi) is 5.54. The minimum absolute atomic E-state index is 0.204. The predicted molar refractivity (Wildman–Crippen MR) is 97.2 cm³/mol. The quantitative estimate of drug-likeness (QED) is 0.812. The number of carbonyl (C=O) groups is 2. The third-order valence-corrected chi connectivity index (χ3v) is 4.59. The summed E-state index contributed by atoms with van der Waals surface area (Å²) in [5, 5.41) is 11.2. The molecule has 1 atom stereocenters. The molecule has 27 heavy (non-hydrogen) atoms. The van der Waals surface area contributed by atoms with Crippen LogP contribution in [0, 0.1) is 17.3 Å². The van der Waals surface area contributed by atoms with Gasteiger partial charge in [-0.25, -0.2) is 9.18 Å². The maximum Gasteiger partial charge on any atom is 0.414 e. The minimum Gasteiger partial charge on any atom is -0.442 e. The number of nitrogens with zero attached hydrogens (tertiary/aromatic N) is 4. The van der Waals surface area contributed by atoms with Gasteiger partial charge in [-0.2, -0.15) is 10.3 Å². The lowest BCUT2D eigenvalue weighted by molar-refractivity contribution is -0.119. The Morgan fingerprint density at radius 2 is 2.19 bits per heavy atom. The fourth-order valence-electron chi connectivity index (χ4n) is 3.20. The second kappa shape index (κ2) is 8.03. The Bertz CT molecular complexity index is 810. The molecule has 0 aromatic heterocycles. The van der Waals surface area contributed by atoms with E-state index in [4.69, 9.17) is 10.00 Å². The van der Waals surface area contributed by atoms with Gasteiger partial charge in [-0.05, 0) is 18.2 Å². The van der Waals surface area contributed by atoms with Crippen molar-refractivity contribution in [1.29, 1.82) is 5.26 Å². The van der Waals surface area contributed by atoms with Gasteiger partial charge < -0.3 is 15.0 Å². The topological polar surface area (TPSA) is 98.0 Å². The number of anilines is 2. The van der Waals surface area contributed by atoms with E-state index in [1.54, 1.807) is 18.3 Å². The van der Waals surface area contributed by atoms with Gasteiger partial charge in [0, 0.05) is 38.6 Å². The molecule has 2 heterocycles. The fourth-order valence-corrected chi connectivity index (χ4v) is 3.20. The van der Waals surface area contributed by atoms with Crippen molar-refractivity contribution in [2.24, 2.45) is 4.99 Å². The smallest absolute Gasteiger partial charge is 0.414 e. The number of cyclic esters (lactones) is 1. The van der Waals surface area contributed by atoms with Gasteiger partial charge >= 0.3 is 6.09 Å². The monoisotopic (exact) mass is 373 g/mol. The van der Waals surface area contributed by atoms with Gasteiger partial charge in [0.2, 0.25) is 12.1 Å². The minimum atomic E-state index is -0.562. The largest absolute Gasteiger partial charge is 0.442 e. The van der Waals surface area contributed by atoms with Gasteiger partial charge in [0.1, 0.15) is 11.9 Å². The van der Waals surface area contributed by atoms with Crippen LogP contribution in [-0.4, -0.2) is 50.0 Å². The summed E-state index contributed by atoms with van der Waals surface area (Å²) in [5.41, 5.74) is 1.70. The Hall–Kier alpha value is -3.15. The van der Waals surface area contributed by atoms with E-state index in [-0.39, 0.29) is 19.0 Å². The van der Waals surface area contributed by atoms with Crippen LogP contribution < -0.4 is 15.1 Å². The number of halogens is 1. The van der Waals surface area contributed by atoms with Crippen molar-refractivity contribution in [3.05, 3.63) is 24.0 Å². The van der Waals surface area contributed by atoms with Crippen LogP contribution in [0.25, 0.3) is 0 Å². The molecule has 9 heteroatoms. The van der Waals surface area contributed by atoms with Crippen LogP contribution in [-0.2, 0) is 9.53 Å². The molecule has 3 rings (SSSR count). The van der Waals surface area contributed by atoms with Crippen molar-refractivity contribution in [1.82, 2.24) is 5.32 Å². The summed E-state index contributed by atoms with van der Waals surface area (Å²) < 4.78 is 19.9. The molecule has 1 aromatic carbocycles. The van der Waals surface area contributed by atoms with Crippen LogP contribution in [0.2, 0.25) is 0 Å². The summed E-state index contributed by atoms with van der Waals surface area (Å²) >= 11 is 0. The molecule has 0 radical (unpaired) electrons. The Morgan fingerprint density at radius 3 is 2.81 bits per heavy atom. The van der Waals surface area contributed by atoms with Gasteiger partial charge in [0.15, 0.2) is 0 Å². The second-order valence-electron chi connectivity index (χ2n) is 6.45. The van der Waals surface area contributed by atoms with E-state index in [2.05, 4.69) is 10.3 Å². The van der Waals surface area contributed by atoms with Crippen molar-refractivity contribution in [3.63, 3.8) is 0 Å². The highest BCUT2D eigenvalue weighted by Crippen LogP contribution is 2.29. The van der Waals surface area contributed by atoms with Crippen molar-refractivity contribution < 1.29 is 18.7 Å². The van der Waals surface area contributed by atoms with E-state index >= 15 is 0 Å². The second-order valence-corrected chi connectivity index (χ2v) is 6.45. The number of nitrogens with one attached hydrogen (secondary N) is 1. The molecule has 8 nitrogen and oxygen atoms in total. The fraction of sp³-hybridized carbons (Fsp3) is 0.444. The van der Waals surface area contributed by atoms with Gasteiger partial charge in [0.25, 0.3) is 0 Å². The summed E-state index contributed by atoms with van der Waals surface area (Å²) in [5.74, 6) is -0.629. The summed E-state index contributed by atoms with van der Waals surface area (Å²) in [6, 6.07) is 4.64. The number of hydrogen-bond acceptors (Lipinski definition) is 6. The number of ether oxygens (including phenoxy) is 1. The first-order valence-corrected chi connectivity index (χ1v) is 8.69. The first-order valence-electron chi connectivity index (χ1n) is 8.69. The zero-order chi connectivity index (χ0) is 19.4. The van der Waals surface area contributed by atoms with Gasteiger partial charge in [-0.1, -0.05) is 0 Å². The van der Waals surface area contributed by atoms with Crippen LogP contribution in [0.1, 0.15) is 19.8 Å². The predicted octanol–water partition coefficient (Wildman–Crippen LogP) is 1.81. The molecule has 1 N–H and O–H groups in total. The highest BCUT2D eigenvalue weighted by atomic mass is 19.1. The van der Waals surface area contributed by atoms with E-state index in [0.29, 0.717) is 37.3 Å². The first kappa shape index (κ1) is 18.6. The molecule has 2 aliphatic heterocycles. The molecule has 0 unspecified atom stereocenters. The normalized spacial score (nSPS) is 19.5. The number of nitriles is 1. The van der Waals surface area contributed by atoms with Crippen molar-refractivity contribution >= 4 is 29.1 Å². The summed E-state index contributed by atoms with van der Waals surface area (Å²) in [6.45, 7) is 3.02. The highest BCUT2D eigenvalue weighted by Gasteiger charge is 2.33. The van der Waals surface area contributed by atoms with Crippen LogP contribution in [0.5, 0.6) is 0 Å². The lowest BCUT2D eigenvalue weighted by Gasteiger charge is -2.30. The van der Waals surface area contributed by atoms with Crippen molar-refractivity contribution in [2.75, 3.05) is 36.0 Å². The van der Waals surface area contributed by atoms with E-state index in [1.807, 2.05) is 4.90 Å². The molecule has 0 aliphatic carbocycles. The van der Waals surface area contributed by atoms with Gasteiger partial charge in [0.05, 0.1) is 24.5 Å². The number of benzene rings is 1. The lowest BCUT2D eigenvalue weighted by atomic mass is 10.1. The van der Waals surface area contributed by atoms with Crippen LogP contribution in [0.4, 0.5) is 20.6 Å². The van der Waals surface area contributed by atoms with Crippen LogP contribution in [0.15, 0.2) is 23.2 Å². The number of amides is 2. The third kappa shape index (κ3) is 4.34. The number of hydrogen-bond donors (Lipinski definition) is 1. The molecule has 142 valence electrons. The van der Waals surface area contributed by atoms with Crippen molar-refractivity contribution in [2.45, 2.75) is 25.9 Å². The molecule has 0 saturated carbocycles. The lowest BCUT2D eigenvalue weighted by Crippen LogP contribution is -2.34. The SMILES string of the molecule is CC(=O)NC[C@H]1CN(c2ccc(N3CCC(=NC#N)CC3)c(F)c2)C(=O)O1. The number of carbonyl (C=O) groups excluding carboxylic acids is 2. The van der Waals surface area contributed by atoms with E-state index in [0.717, 1.165) is 5.71 Å². The van der Waals surface area contributed by atoms with Crippen molar-refractivity contribution in [3.8, 4) is 6.19 Å². The molecule has 0 spiro atoms. The summed E-state index contributed by atoms with van der Waals surface area (Å²) in [4.78, 5) is 30.0. The van der Waals surface area contributed by atoms with E-state index in [1.165, 1.54) is 17.9 Å². The zero-order valence-electron chi connectivity index (χ0n) is 14.9.